The highest BCUT2D eigenvalue weighted by atomic mass is 16.5. The Morgan fingerprint density at radius 1 is 0.977 bits per heavy atom. The van der Waals surface area contributed by atoms with E-state index in [0.29, 0.717) is 54.2 Å². The van der Waals surface area contributed by atoms with Gasteiger partial charge in [0.15, 0.2) is 11.5 Å². The number of carbonyl (C=O) groups excluding carboxylic acids is 1. The predicted molar refractivity (Wildman–Crippen MR) is 162 cm³/mol. The number of likely N-dealkylation sites (tertiary alicyclic amines) is 1. The lowest BCUT2D eigenvalue weighted by Gasteiger charge is -2.20. The van der Waals surface area contributed by atoms with Gasteiger partial charge in [-0.05, 0) is 48.0 Å². The number of aromatic nitrogens is 5. The Hall–Kier alpha value is -5.31. The quantitative estimate of drug-likeness (QED) is 0.208. The van der Waals surface area contributed by atoms with Gasteiger partial charge in [0.1, 0.15) is 17.3 Å². The van der Waals surface area contributed by atoms with Crippen molar-refractivity contribution in [1.82, 2.24) is 30.0 Å². The molecule has 43 heavy (non-hydrogen) atoms. The molecule has 3 aromatic carbocycles. The molecule has 1 atom stereocenters. The molecule has 3 aromatic heterocycles. The number of hydrogen-bond acceptors (Lipinski definition) is 7. The number of ether oxygens (including phenoxy) is 1. The van der Waals surface area contributed by atoms with Crippen molar-refractivity contribution in [2.75, 3.05) is 6.54 Å². The van der Waals surface area contributed by atoms with Gasteiger partial charge in [-0.25, -0.2) is 9.97 Å². The molecule has 1 fully saturated rings. The maximum Gasteiger partial charge on any atom is 0.257 e. The van der Waals surface area contributed by atoms with Gasteiger partial charge in [0, 0.05) is 54.2 Å². The molecule has 1 aliphatic rings. The molecule has 6 aromatic rings. The molecule has 0 radical (unpaired) electrons. The zero-order valence-corrected chi connectivity index (χ0v) is 23.9. The van der Waals surface area contributed by atoms with Crippen molar-refractivity contribution in [3.8, 4) is 34.3 Å². The Morgan fingerprint density at radius 2 is 1.79 bits per heavy atom. The van der Waals surface area contributed by atoms with E-state index in [4.69, 9.17) is 9.26 Å². The number of fused-ring (bicyclic) bond motifs is 1. The van der Waals surface area contributed by atoms with E-state index in [-0.39, 0.29) is 17.7 Å². The third-order valence-electron chi connectivity index (χ3n) is 7.73. The zero-order chi connectivity index (χ0) is 29.3. The number of rotatable bonds is 8. The number of H-pyrrole nitrogens is 1. The van der Waals surface area contributed by atoms with Crippen LogP contribution in [0.25, 0.3) is 34.0 Å². The van der Waals surface area contributed by atoms with Crippen molar-refractivity contribution in [2.45, 2.75) is 38.6 Å². The molecule has 0 saturated carbocycles. The molecule has 1 unspecified atom stereocenters. The molecule has 0 spiro atoms. The van der Waals surface area contributed by atoms with Crippen LogP contribution in [-0.2, 0) is 11.3 Å². The smallest absolute Gasteiger partial charge is 0.257 e. The standard InChI is InChI=1S/C34H30N6O3/c1-21(2)31-38-34(43-39-31)23-12-14-27(15-13-23)42-29-17-24(32-36-28-9-6-16-35-33(28)37-32)10-11-25(29)19-40-20-26(18-30(40)41)22-7-4-3-5-8-22/h3-17,21,26H,18-20H2,1-2H3,(H,35,36,37). The SMILES string of the molecule is CC(C)c1noc(-c2ccc(Oc3cc(-c4nc5ncccc5[nH]4)ccc3CN3CC(c4ccccc4)CC3=O)cc2)n1. The van der Waals surface area contributed by atoms with Crippen LogP contribution in [0.3, 0.4) is 0 Å². The second-order valence-corrected chi connectivity index (χ2v) is 11.1. The number of amides is 1. The lowest BCUT2D eigenvalue weighted by molar-refractivity contribution is -0.128. The van der Waals surface area contributed by atoms with Crippen LogP contribution in [0.15, 0.2) is 95.6 Å². The van der Waals surface area contributed by atoms with Gasteiger partial charge >= 0.3 is 0 Å². The van der Waals surface area contributed by atoms with Gasteiger partial charge in [-0.1, -0.05) is 61.5 Å². The topological polar surface area (TPSA) is 110 Å². The van der Waals surface area contributed by atoms with E-state index in [2.05, 4.69) is 37.2 Å². The van der Waals surface area contributed by atoms with E-state index in [1.165, 1.54) is 5.56 Å². The number of nitrogens with zero attached hydrogens (tertiary/aromatic N) is 5. The fraction of sp³-hybridized carbons (Fsp3) is 0.206. The van der Waals surface area contributed by atoms with Gasteiger partial charge in [0.25, 0.3) is 5.89 Å². The van der Waals surface area contributed by atoms with Crippen LogP contribution in [0.2, 0.25) is 0 Å². The summed E-state index contributed by atoms with van der Waals surface area (Å²) in [6, 6.07) is 27.6. The van der Waals surface area contributed by atoms with Crippen LogP contribution in [0.4, 0.5) is 0 Å². The van der Waals surface area contributed by atoms with Gasteiger partial charge < -0.3 is 19.1 Å². The number of hydrogen-bond donors (Lipinski definition) is 1. The average Bonchev–Trinajstić information content (AvgIpc) is 3.78. The van der Waals surface area contributed by atoms with Crippen LogP contribution >= 0.6 is 0 Å². The fourth-order valence-corrected chi connectivity index (χ4v) is 5.37. The van der Waals surface area contributed by atoms with Gasteiger partial charge in [0.05, 0.1) is 5.52 Å². The maximum absolute atomic E-state index is 13.1. The average molecular weight is 571 g/mol. The summed E-state index contributed by atoms with van der Waals surface area (Å²) in [6.07, 6.45) is 2.22. The summed E-state index contributed by atoms with van der Waals surface area (Å²) in [5.41, 5.74) is 5.26. The maximum atomic E-state index is 13.1. The first-order valence-corrected chi connectivity index (χ1v) is 14.4. The first kappa shape index (κ1) is 26.6. The summed E-state index contributed by atoms with van der Waals surface area (Å²) in [7, 11) is 0. The summed E-state index contributed by atoms with van der Waals surface area (Å²) in [4.78, 5) is 31.9. The van der Waals surface area contributed by atoms with Gasteiger partial charge in [0.2, 0.25) is 5.91 Å². The number of imidazole rings is 1. The summed E-state index contributed by atoms with van der Waals surface area (Å²) in [5, 5.41) is 4.06. The zero-order valence-electron chi connectivity index (χ0n) is 23.9. The molecular weight excluding hydrogens is 540 g/mol. The van der Waals surface area contributed by atoms with Crippen LogP contribution in [-0.4, -0.2) is 42.4 Å². The Balaban J connectivity index is 1.18. The molecule has 7 rings (SSSR count). The minimum absolute atomic E-state index is 0.136. The summed E-state index contributed by atoms with van der Waals surface area (Å²) in [6.45, 7) is 5.15. The summed E-state index contributed by atoms with van der Waals surface area (Å²) < 4.78 is 11.9. The number of pyridine rings is 1. The van der Waals surface area contributed by atoms with Gasteiger partial charge in [-0.15, -0.1) is 0 Å². The molecule has 214 valence electrons. The van der Waals surface area contributed by atoms with E-state index >= 15 is 0 Å². The number of carbonyl (C=O) groups is 1. The predicted octanol–water partition coefficient (Wildman–Crippen LogP) is 7.11. The molecule has 1 amide bonds. The molecule has 1 N–H and O–H groups in total. The monoisotopic (exact) mass is 570 g/mol. The van der Waals surface area contributed by atoms with E-state index < -0.39 is 0 Å². The molecule has 0 aliphatic carbocycles. The van der Waals surface area contributed by atoms with E-state index in [9.17, 15) is 4.79 Å². The van der Waals surface area contributed by atoms with E-state index in [0.717, 1.165) is 22.2 Å². The fourth-order valence-electron chi connectivity index (χ4n) is 5.37. The molecule has 9 heteroatoms. The van der Waals surface area contributed by atoms with Gasteiger partial charge in [-0.2, -0.15) is 4.98 Å². The van der Waals surface area contributed by atoms with Crippen molar-refractivity contribution in [1.29, 1.82) is 0 Å². The molecule has 1 aliphatic heterocycles. The largest absolute Gasteiger partial charge is 0.457 e. The van der Waals surface area contributed by atoms with E-state index in [1.54, 1.807) is 6.20 Å². The van der Waals surface area contributed by atoms with Crippen LogP contribution in [0, 0.1) is 0 Å². The molecule has 4 heterocycles. The lowest BCUT2D eigenvalue weighted by Crippen LogP contribution is -2.24. The lowest BCUT2D eigenvalue weighted by atomic mass is 9.98. The van der Waals surface area contributed by atoms with Crippen molar-refractivity contribution in [3.63, 3.8) is 0 Å². The highest BCUT2D eigenvalue weighted by molar-refractivity contribution is 5.80. The molecule has 9 nitrogen and oxygen atoms in total. The number of aromatic amines is 1. The minimum atomic E-state index is 0.136. The van der Waals surface area contributed by atoms with Crippen LogP contribution < -0.4 is 4.74 Å². The Labute approximate surface area is 248 Å². The molecule has 0 bridgehead atoms. The van der Waals surface area contributed by atoms with Crippen molar-refractivity contribution < 1.29 is 14.1 Å². The highest BCUT2D eigenvalue weighted by Gasteiger charge is 2.31. The van der Waals surface area contributed by atoms with Gasteiger partial charge in [-0.3, -0.25) is 4.79 Å². The Kier molecular flexibility index (Phi) is 6.90. The minimum Gasteiger partial charge on any atom is -0.457 e. The van der Waals surface area contributed by atoms with Crippen molar-refractivity contribution >= 4 is 17.1 Å². The number of benzene rings is 3. The van der Waals surface area contributed by atoms with Crippen LogP contribution in [0.5, 0.6) is 11.5 Å². The molecule has 1 saturated heterocycles. The highest BCUT2D eigenvalue weighted by Crippen LogP contribution is 2.35. The third-order valence-corrected chi connectivity index (χ3v) is 7.73. The summed E-state index contributed by atoms with van der Waals surface area (Å²) in [5.74, 6) is 3.62. The third kappa shape index (κ3) is 5.49. The summed E-state index contributed by atoms with van der Waals surface area (Å²) >= 11 is 0. The van der Waals surface area contributed by atoms with E-state index in [1.807, 2.05) is 91.5 Å². The first-order chi connectivity index (χ1) is 21.0. The Bertz CT molecular complexity index is 1860. The number of nitrogens with one attached hydrogen (secondary N) is 1. The Morgan fingerprint density at radius 3 is 2.56 bits per heavy atom. The van der Waals surface area contributed by atoms with Crippen LogP contribution in [0.1, 0.15) is 49.1 Å². The molecular formula is C34H30N6O3. The second-order valence-electron chi connectivity index (χ2n) is 11.1. The first-order valence-electron chi connectivity index (χ1n) is 14.4. The normalized spacial score (nSPS) is 15.1. The van der Waals surface area contributed by atoms with Crippen molar-refractivity contribution in [3.05, 3.63) is 108 Å². The second kappa shape index (κ2) is 11.2. The van der Waals surface area contributed by atoms with Crippen molar-refractivity contribution in [2.24, 2.45) is 0 Å².